The number of nitrogens with one attached hydrogen (secondary N) is 1. The normalized spacial score (nSPS) is 29.0. The number of hydrogen-bond acceptors (Lipinski definition) is 5. The molecule has 2 aliphatic carbocycles. The van der Waals surface area contributed by atoms with Gasteiger partial charge in [-0.3, -0.25) is 9.78 Å². The lowest BCUT2D eigenvalue weighted by Crippen LogP contribution is -2.53. The Labute approximate surface area is 148 Å². The molecule has 1 heterocycles. The lowest BCUT2D eigenvalue weighted by molar-refractivity contribution is -0.130. The lowest BCUT2D eigenvalue weighted by atomic mass is 9.82. The fraction of sp³-hybridized carbons (Fsp3) is 0.684. The minimum atomic E-state index is -0.881. The van der Waals surface area contributed by atoms with E-state index in [0.717, 1.165) is 38.5 Å². The molecule has 3 N–H and O–H groups in total. The van der Waals surface area contributed by atoms with E-state index in [2.05, 4.69) is 10.3 Å². The number of nitrogens with zero attached hydrogens (tertiary/aromatic N) is 1. The van der Waals surface area contributed by atoms with Crippen molar-refractivity contribution in [2.24, 2.45) is 0 Å². The van der Waals surface area contributed by atoms with Crippen LogP contribution in [0.2, 0.25) is 0 Å². The number of aromatic nitrogens is 1. The molecule has 0 aromatic carbocycles. The van der Waals surface area contributed by atoms with E-state index in [0.29, 0.717) is 18.6 Å². The molecule has 0 aliphatic heterocycles. The quantitative estimate of drug-likeness (QED) is 0.756. The first-order valence-electron chi connectivity index (χ1n) is 9.32. The maximum atomic E-state index is 12.4. The maximum Gasteiger partial charge on any atom is 0.223 e. The molecule has 1 aromatic rings. The molecule has 0 saturated heterocycles. The van der Waals surface area contributed by atoms with Gasteiger partial charge in [0, 0.05) is 6.20 Å². The van der Waals surface area contributed by atoms with Crippen LogP contribution >= 0.6 is 0 Å². The van der Waals surface area contributed by atoms with Gasteiger partial charge in [-0.2, -0.15) is 0 Å². The van der Waals surface area contributed by atoms with Crippen molar-refractivity contribution in [1.82, 2.24) is 10.3 Å². The standard InChI is InChI=1S/C19H28N2O4/c22-17(12-19(24)9-2-1-3-10-19)21-15-7-4-8-16(18(15)23)25-14-6-5-11-20-13-14/h5-6,11,13,15-16,18,23-24H,1-4,7-10,12H2,(H,21,22)/t15-,16-,18-/m1/s1. The highest BCUT2D eigenvalue weighted by Gasteiger charge is 2.37. The summed E-state index contributed by atoms with van der Waals surface area (Å²) in [4.78, 5) is 16.4. The van der Waals surface area contributed by atoms with Crippen LogP contribution in [0.25, 0.3) is 0 Å². The fourth-order valence-electron chi connectivity index (χ4n) is 3.96. The van der Waals surface area contributed by atoms with Gasteiger partial charge >= 0.3 is 0 Å². The van der Waals surface area contributed by atoms with Gasteiger partial charge in [-0.15, -0.1) is 0 Å². The molecule has 6 nitrogen and oxygen atoms in total. The second-order valence-corrected chi connectivity index (χ2v) is 7.40. The SMILES string of the molecule is O=C(CC1(O)CCCCC1)N[C@@H]1CCC[C@@H](Oc2cccnc2)[C@@H]1O. The number of rotatable bonds is 5. The molecule has 0 radical (unpaired) electrons. The smallest absolute Gasteiger partial charge is 0.223 e. The van der Waals surface area contributed by atoms with E-state index in [1.54, 1.807) is 24.5 Å². The van der Waals surface area contributed by atoms with Crippen molar-refractivity contribution in [1.29, 1.82) is 0 Å². The number of pyridine rings is 1. The summed E-state index contributed by atoms with van der Waals surface area (Å²) in [5, 5.41) is 24.0. The first-order chi connectivity index (χ1) is 12.1. The number of amides is 1. The Balaban J connectivity index is 1.53. The van der Waals surface area contributed by atoms with Crippen LogP contribution in [0.4, 0.5) is 0 Å². The Hall–Kier alpha value is -1.66. The van der Waals surface area contributed by atoms with Crippen LogP contribution in [-0.2, 0) is 4.79 Å². The minimum Gasteiger partial charge on any atom is -0.486 e. The second kappa shape index (κ2) is 8.15. The number of hydrogen-bond donors (Lipinski definition) is 3. The van der Waals surface area contributed by atoms with E-state index in [-0.39, 0.29) is 24.5 Å². The third-order valence-corrected chi connectivity index (χ3v) is 5.34. The van der Waals surface area contributed by atoms with Crippen LogP contribution in [0.5, 0.6) is 5.75 Å². The third-order valence-electron chi connectivity index (χ3n) is 5.34. The van der Waals surface area contributed by atoms with Crippen molar-refractivity contribution >= 4 is 5.91 Å². The molecule has 2 aliphatic rings. The van der Waals surface area contributed by atoms with Gasteiger partial charge in [0.05, 0.1) is 24.3 Å². The molecule has 3 rings (SSSR count). The van der Waals surface area contributed by atoms with E-state index < -0.39 is 11.7 Å². The van der Waals surface area contributed by atoms with E-state index in [4.69, 9.17) is 4.74 Å². The van der Waals surface area contributed by atoms with Crippen molar-refractivity contribution < 1.29 is 19.7 Å². The number of aliphatic hydroxyl groups is 2. The number of aliphatic hydroxyl groups excluding tert-OH is 1. The van der Waals surface area contributed by atoms with Crippen molar-refractivity contribution in [3.8, 4) is 5.75 Å². The van der Waals surface area contributed by atoms with Gasteiger partial charge in [-0.05, 0) is 44.2 Å². The summed E-state index contributed by atoms with van der Waals surface area (Å²) in [5.74, 6) is 0.436. The lowest BCUT2D eigenvalue weighted by Gasteiger charge is -2.36. The molecule has 138 valence electrons. The maximum absolute atomic E-state index is 12.4. The Kier molecular flexibility index (Phi) is 5.91. The Morgan fingerprint density at radius 1 is 1.28 bits per heavy atom. The zero-order chi connectivity index (χ0) is 17.7. The molecule has 1 amide bonds. The van der Waals surface area contributed by atoms with Crippen molar-refractivity contribution in [2.75, 3.05) is 0 Å². The monoisotopic (exact) mass is 348 g/mol. The molecule has 25 heavy (non-hydrogen) atoms. The minimum absolute atomic E-state index is 0.115. The molecule has 2 saturated carbocycles. The predicted molar refractivity (Wildman–Crippen MR) is 93.1 cm³/mol. The van der Waals surface area contributed by atoms with Crippen LogP contribution in [0.1, 0.15) is 57.8 Å². The topological polar surface area (TPSA) is 91.7 Å². The fourth-order valence-corrected chi connectivity index (χ4v) is 3.96. The second-order valence-electron chi connectivity index (χ2n) is 7.40. The van der Waals surface area contributed by atoms with Gasteiger partial charge < -0.3 is 20.3 Å². The highest BCUT2D eigenvalue weighted by atomic mass is 16.5. The van der Waals surface area contributed by atoms with Gasteiger partial charge in [0.1, 0.15) is 18.0 Å². The van der Waals surface area contributed by atoms with E-state index in [1.807, 2.05) is 0 Å². The summed E-state index contributed by atoms with van der Waals surface area (Å²) >= 11 is 0. The molecule has 2 fully saturated rings. The summed E-state index contributed by atoms with van der Waals surface area (Å²) in [6, 6.07) is 3.25. The third kappa shape index (κ3) is 4.92. The van der Waals surface area contributed by atoms with Crippen LogP contribution in [-0.4, -0.2) is 45.0 Å². The molecule has 0 bridgehead atoms. The van der Waals surface area contributed by atoms with E-state index in [9.17, 15) is 15.0 Å². The molecule has 0 unspecified atom stereocenters. The van der Waals surface area contributed by atoms with Crippen molar-refractivity contribution in [2.45, 2.75) is 81.6 Å². The number of carbonyl (C=O) groups excluding carboxylic acids is 1. The van der Waals surface area contributed by atoms with Crippen LogP contribution in [0, 0.1) is 0 Å². The van der Waals surface area contributed by atoms with Crippen LogP contribution in [0.3, 0.4) is 0 Å². The molecular formula is C19H28N2O4. The summed E-state index contributed by atoms with van der Waals surface area (Å²) in [7, 11) is 0. The van der Waals surface area contributed by atoms with Crippen LogP contribution in [0.15, 0.2) is 24.5 Å². The van der Waals surface area contributed by atoms with Crippen LogP contribution < -0.4 is 10.1 Å². The molecule has 6 heteroatoms. The molecule has 0 spiro atoms. The highest BCUT2D eigenvalue weighted by molar-refractivity contribution is 5.77. The molecule has 3 atom stereocenters. The molecular weight excluding hydrogens is 320 g/mol. The summed E-state index contributed by atoms with van der Waals surface area (Å²) in [5.41, 5.74) is -0.881. The number of ether oxygens (including phenoxy) is 1. The van der Waals surface area contributed by atoms with Gasteiger partial charge in [0.2, 0.25) is 5.91 Å². The number of carbonyl (C=O) groups is 1. The van der Waals surface area contributed by atoms with Gasteiger partial charge in [-0.1, -0.05) is 19.3 Å². The first-order valence-corrected chi connectivity index (χ1v) is 9.32. The average Bonchev–Trinajstić information content (AvgIpc) is 2.59. The Morgan fingerprint density at radius 2 is 2.08 bits per heavy atom. The summed E-state index contributed by atoms with van der Waals surface area (Å²) in [6.45, 7) is 0. The highest BCUT2D eigenvalue weighted by Crippen LogP contribution is 2.31. The largest absolute Gasteiger partial charge is 0.486 e. The summed E-state index contributed by atoms with van der Waals surface area (Å²) < 4.78 is 5.84. The average molecular weight is 348 g/mol. The van der Waals surface area contributed by atoms with E-state index >= 15 is 0 Å². The Bertz CT molecular complexity index is 560. The Morgan fingerprint density at radius 3 is 2.80 bits per heavy atom. The zero-order valence-electron chi connectivity index (χ0n) is 14.6. The first kappa shape index (κ1) is 18.1. The molecule has 1 aromatic heterocycles. The van der Waals surface area contributed by atoms with Crippen molar-refractivity contribution in [3.63, 3.8) is 0 Å². The zero-order valence-corrected chi connectivity index (χ0v) is 14.6. The summed E-state index contributed by atoms with van der Waals surface area (Å²) in [6.07, 6.45) is 9.04. The van der Waals surface area contributed by atoms with E-state index in [1.165, 1.54) is 0 Å². The van der Waals surface area contributed by atoms with Crippen molar-refractivity contribution in [3.05, 3.63) is 24.5 Å². The van der Waals surface area contributed by atoms with Gasteiger partial charge in [0.25, 0.3) is 0 Å². The predicted octanol–water partition coefficient (Wildman–Crippen LogP) is 1.94. The van der Waals surface area contributed by atoms with Gasteiger partial charge in [0.15, 0.2) is 0 Å². The van der Waals surface area contributed by atoms with Gasteiger partial charge in [-0.25, -0.2) is 0 Å².